The van der Waals surface area contributed by atoms with Crippen LogP contribution in [0.4, 0.5) is 0 Å². The third-order valence-corrected chi connectivity index (χ3v) is 4.58. The van der Waals surface area contributed by atoms with E-state index >= 15 is 0 Å². The zero-order valence-electron chi connectivity index (χ0n) is 15.8. The standard InChI is InChI=1S/C21H22N2O4/c1-13(15-9-19(25-3)21(27-5)20(10-15)26-4)14-6-7-18-17(8-14)16(11-22-24)12-23(18)2/h6-12,24H,1H2,2-5H3/b22-11+. The maximum Gasteiger partial charge on any atom is 0.203 e. The molecule has 0 fully saturated rings. The molecule has 1 N–H and O–H groups in total. The molecule has 0 amide bonds. The van der Waals surface area contributed by atoms with E-state index in [4.69, 9.17) is 19.4 Å². The van der Waals surface area contributed by atoms with Crippen molar-refractivity contribution in [1.29, 1.82) is 0 Å². The summed E-state index contributed by atoms with van der Waals surface area (Å²) in [7, 11) is 6.69. The summed E-state index contributed by atoms with van der Waals surface area (Å²) in [6.07, 6.45) is 3.34. The predicted molar refractivity (Wildman–Crippen MR) is 107 cm³/mol. The highest BCUT2D eigenvalue weighted by molar-refractivity contribution is 6.01. The van der Waals surface area contributed by atoms with Crippen LogP contribution >= 0.6 is 0 Å². The van der Waals surface area contributed by atoms with Crippen molar-refractivity contribution in [2.24, 2.45) is 12.2 Å². The van der Waals surface area contributed by atoms with Crippen molar-refractivity contribution in [1.82, 2.24) is 4.57 Å². The summed E-state index contributed by atoms with van der Waals surface area (Å²) < 4.78 is 18.2. The fourth-order valence-corrected chi connectivity index (χ4v) is 3.20. The van der Waals surface area contributed by atoms with E-state index in [0.717, 1.165) is 33.2 Å². The lowest BCUT2D eigenvalue weighted by molar-refractivity contribution is 0.322. The third kappa shape index (κ3) is 3.21. The number of oxime groups is 1. The minimum atomic E-state index is 0.538. The molecule has 0 aliphatic heterocycles. The van der Waals surface area contributed by atoms with E-state index in [1.807, 2.05) is 48.1 Å². The van der Waals surface area contributed by atoms with Crippen molar-refractivity contribution in [3.63, 3.8) is 0 Å². The maximum absolute atomic E-state index is 8.91. The molecule has 0 saturated carbocycles. The zero-order chi connectivity index (χ0) is 19.6. The summed E-state index contributed by atoms with van der Waals surface area (Å²) in [5, 5.41) is 13.0. The van der Waals surface area contributed by atoms with E-state index in [0.29, 0.717) is 17.2 Å². The molecular weight excluding hydrogens is 344 g/mol. The molecule has 140 valence electrons. The van der Waals surface area contributed by atoms with Crippen LogP contribution in [0, 0.1) is 0 Å². The fraction of sp³-hybridized carbons (Fsp3) is 0.190. The number of fused-ring (bicyclic) bond motifs is 1. The van der Waals surface area contributed by atoms with Crippen LogP contribution in [0.15, 0.2) is 48.3 Å². The van der Waals surface area contributed by atoms with Crippen molar-refractivity contribution in [3.05, 3.63) is 59.8 Å². The Kier molecular flexibility index (Phi) is 5.07. The number of hydrogen-bond acceptors (Lipinski definition) is 5. The smallest absolute Gasteiger partial charge is 0.203 e. The lowest BCUT2D eigenvalue weighted by atomic mass is 9.97. The van der Waals surface area contributed by atoms with E-state index in [2.05, 4.69) is 11.7 Å². The number of rotatable bonds is 6. The first-order valence-electron chi connectivity index (χ1n) is 8.30. The molecule has 6 heteroatoms. The van der Waals surface area contributed by atoms with Crippen molar-refractivity contribution in [2.45, 2.75) is 0 Å². The Morgan fingerprint density at radius 1 is 1.04 bits per heavy atom. The molecule has 3 rings (SSSR count). The van der Waals surface area contributed by atoms with Crippen LogP contribution in [0.3, 0.4) is 0 Å². The molecule has 0 radical (unpaired) electrons. The van der Waals surface area contributed by atoms with Gasteiger partial charge in [-0.3, -0.25) is 0 Å². The lowest BCUT2D eigenvalue weighted by Gasteiger charge is -2.15. The highest BCUT2D eigenvalue weighted by Gasteiger charge is 2.16. The molecule has 1 heterocycles. The van der Waals surface area contributed by atoms with Gasteiger partial charge in [0.05, 0.1) is 27.5 Å². The maximum atomic E-state index is 8.91. The molecule has 0 saturated heterocycles. The van der Waals surface area contributed by atoms with Crippen molar-refractivity contribution in [3.8, 4) is 17.2 Å². The van der Waals surface area contributed by atoms with Crippen molar-refractivity contribution in [2.75, 3.05) is 21.3 Å². The van der Waals surface area contributed by atoms with Crippen LogP contribution in [0.2, 0.25) is 0 Å². The minimum Gasteiger partial charge on any atom is -0.493 e. The van der Waals surface area contributed by atoms with Gasteiger partial charge in [-0.05, 0) is 41.0 Å². The van der Waals surface area contributed by atoms with Gasteiger partial charge in [0.15, 0.2) is 11.5 Å². The average Bonchev–Trinajstić information content (AvgIpc) is 3.01. The second kappa shape index (κ2) is 7.45. The van der Waals surface area contributed by atoms with Crippen LogP contribution in [0.25, 0.3) is 16.5 Å². The molecule has 0 aliphatic carbocycles. The highest BCUT2D eigenvalue weighted by Crippen LogP contribution is 2.41. The quantitative estimate of drug-likeness (QED) is 0.406. The first kappa shape index (κ1) is 18.4. The van der Waals surface area contributed by atoms with Gasteiger partial charge >= 0.3 is 0 Å². The van der Waals surface area contributed by atoms with Crippen molar-refractivity contribution < 1.29 is 19.4 Å². The Labute approximate surface area is 157 Å². The number of aryl methyl sites for hydroxylation is 1. The fourth-order valence-electron chi connectivity index (χ4n) is 3.20. The van der Waals surface area contributed by atoms with Gasteiger partial charge in [0.25, 0.3) is 0 Å². The van der Waals surface area contributed by atoms with Gasteiger partial charge in [-0.15, -0.1) is 0 Å². The van der Waals surface area contributed by atoms with Crippen LogP contribution < -0.4 is 14.2 Å². The molecule has 0 bridgehead atoms. The van der Waals surface area contributed by atoms with E-state index in [9.17, 15) is 0 Å². The van der Waals surface area contributed by atoms with Gasteiger partial charge in [-0.2, -0.15) is 0 Å². The van der Waals surface area contributed by atoms with Crippen LogP contribution in [-0.4, -0.2) is 37.3 Å². The van der Waals surface area contributed by atoms with E-state index < -0.39 is 0 Å². The van der Waals surface area contributed by atoms with Gasteiger partial charge in [-0.1, -0.05) is 17.8 Å². The normalized spacial score (nSPS) is 11.1. The third-order valence-electron chi connectivity index (χ3n) is 4.58. The Bertz CT molecular complexity index is 1010. The number of benzene rings is 2. The molecule has 6 nitrogen and oxygen atoms in total. The first-order chi connectivity index (χ1) is 13.0. The Morgan fingerprint density at radius 3 is 2.26 bits per heavy atom. The summed E-state index contributed by atoms with van der Waals surface area (Å²) in [4.78, 5) is 0. The molecule has 0 spiro atoms. The highest BCUT2D eigenvalue weighted by atomic mass is 16.5. The van der Waals surface area contributed by atoms with Crippen LogP contribution in [0.5, 0.6) is 17.2 Å². The molecule has 0 unspecified atom stereocenters. The predicted octanol–water partition coefficient (Wildman–Crippen LogP) is 4.07. The van der Waals surface area contributed by atoms with Gasteiger partial charge in [-0.25, -0.2) is 0 Å². The Balaban J connectivity index is 2.12. The van der Waals surface area contributed by atoms with Gasteiger partial charge in [0, 0.05) is 29.7 Å². The topological polar surface area (TPSA) is 65.2 Å². The van der Waals surface area contributed by atoms with Crippen LogP contribution in [-0.2, 0) is 7.05 Å². The number of aromatic nitrogens is 1. The van der Waals surface area contributed by atoms with E-state index in [-0.39, 0.29) is 0 Å². The van der Waals surface area contributed by atoms with Gasteiger partial charge < -0.3 is 24.0 Å². The largest absolute Gasteiger partial charge is 0.493 e. The Morgan fingerprint density at radius 2 is 1.70 bits per heavy atom. The first-order valence-corrected chi connectivity index (χ1v) is 8.30. The molecule has 3 aromatic rings. The number of methoxy groups -OCH3 is 3. The van der Waals surface area contributed by atoms with E-state index in [1.54, 1.807) is 21.3 Å². The van der Waals surface area contributed by atoms with Crippen molar-refractivity contribution >= 4 is 22.7 Å². The summed E-state index contributed by atoms with van der Waals surface area (Å²) in [5.74, 6) is 1.68. The SMILES string of the molecule is C=C(c1cc(OC)c(OC)c(OC)c1)c1ccc2c(c1)c(/C=N/O)cn2C. The zero-order valence-corrected chi connectivity index (χ0v) is 15.8. The van der Waals surface area contributed by atoms with Crippen LogP contribution in [0.1, 0.15) is 16.7 Å². The summed E-state index contributed by atoms with van der Waals surface area (Å²) >= 11 is 0. The number of ether oxygens (including phenoxy) is 3. The monoisotopic (exact) mass is 366 g/mol. The second-order valence-corrected chi connectivity index (χ2v) is 6.06. The molecule has 27 heavy (non-hydrogen) atoms. The summed E-state index contributed by atoms with van der Waals surface area (Å²) in [6.45, 7) is 4.25. The molecule has 0 aliphatic rings. The number of nitrogens with zero attached hydrogens (tertiary/aromatic N) is 2. The summed E-state index contributed by atoms with van der Waals surface area (Å²) in [5.41, 5.74) is 4.47. The minimum absolute atomic E-state index is 0.538. The van der Waals surface area contributed by atoms with Gasteiger partial charge in [0.1, 0.15) is 0 Å². The average molecular weight is 366 g/mol. The van der Waals surface area contributed by atoms with Gasteiger partial charge in [0.2, 0.25) is 5.75 Å². The Hall–Kier alpha value is -3.41. The lowest BCUT2D eigenvalue weighted by Crippen LogP contribution is -1.97. The molecular formula is C21H22N2O4. The molecule has 1 aromatic heterocycles. The molecule has 0 atom stereocenters. The van der Waals surface area contributed by atoms with E-state index in [1.165, 1.54) is 6.21 Å². The molecule has 2 aromatic carbocycles. The second-order valence-electron chi connectivity index (χ2n) is 6.06. The summed E-state index contributed by atoms with van der Waals surface area (Å²) in [6, 6.07) is 9.79. The number of hydrogen-bond donors (Lipinski definition) is 1.